The van der Waals surface area contributed by atoms with Gasteiger partial charge >= 0.3 is 13.8 Å². The first-order chi connectivity index (χ1) is 28.5. The predicted octanol–water partition coefficient (Wildman–Crippen LogP) is 8.58. The van der Waals surface area contributed by atoms with Crippen molar-refractivity contribution in [1.29, 1.82) is 0 Å². The number of rotatable bonds is 35. The molecule has 13 heteroatoms. The van der Waals surface area contributed by atoms with Crippen LogP contribution in [0, 0.1) is 0 Å². The highest BCUT2D eigenvalue weighted by molar-refractivity contribution is 7.47. The van der Waals surface area contributed by atoms with Gasteiger partial charge in [0, 0.05) is 13.0 Å². The third kappa shape index (κ3) is 28.6. The highest BCUT2D eigenvalue weighted by Crippen LogP contribution is 2.47. The number of hydrogen-bond acceptors (Lipinski definition) is 11. The highest BCUT2D eigenvalue weighted by atomic mass is 31.2. The molecule has 0 bridgehead atoms. The molecule has 1 rings (SSSR count). The summed E-state index contributed by atoms with van der Waals surface area (Å²) in [6.07, 6.45) is 35.1. The molecule has 0 amide bonds. The molecule has 0 aromatic rings. The molecule has 338 valence electrons. The van der Waals surface area contributed by atoms with Crippen LogP contribution < -0.4 is 0 Å². The van der Waals surface area contributed by atoms with Crippen molar-refractivity contribution in [3.63, 3.8) is 0 Å². The number of carbonyl (C=O) groups excluding carboxylic acids is 1. The van der Waals surface area contributed by atoms with Crippen LogP contribution in [0.5, 0.6) is 0 Å². The van der Waals surface area contributed by atoms with Crippen LogP contribution in [0.1, 0.15) is 136 Å². The molecule has 0 aliphatic heterocycles. The van der Waals surface area contributed by atoms with Gasteiger partial charge in [0.2, 0.25) is 0 Å². The van der Waals surface area contributed by atoms with Gasteiger partial charge in [-0.3, -0.25) is 13.8 Å². The number of phosphoric ester groups is 1. The van der Waals surface area contributed by atoms with E-state index in [4.69, 9.17) is 18.5 Å². The topological polar surface area (TPSA) is 192 Å². The number of esters is 1. The molecule has 0 spiro atoms. The number of carbonyl (C=O) groups is 1. The second kappa shape index (κ2) is 36.2. The van der Waals surface area contributed by atoms with E-state index < -0.39 is 63.1 Å². The van der Waals surface area contributed by atoms with Gasteiger partial charge in [-0.2, -0.15) is 0 Å². The van der Waals surface area contributed by atoms with Gasteiger partial charge in [0.05, 0.1) is 13.2 Å². The quantitative estimate of drug-likeness (QED) is 0.0154. The molecule has 0 heterocycles. The van der Waals surface area contributed by atoms with Crippen molar-refractivity contribution in [2.24, 2.45) is 0 Å². The molecule has 0 radical (unpaired) electrons. The summed E-state index contributed by atoms with van der Waals surface area (Å²) in [7, 11) is -5.04. The number of aliphatic hydroxyl groups excluding tert-OH is 5. The van der Waals surface area contributed by atoms with Crippen LogP contribution in [0.15, 0.2) is 85.1 Å². The lowest BCUT2D eigenvalue weighted by Crippen LogP contribution is -2.64. The highest BCUT2D eigenvalue weighted by Gasteiger charge is 2.51. The molecule has 0 aromatic heterocycles. The van der Waals surface area contributed by atoms with Crippen molar-refractivity contribution in [2.45, 2.75) is 179 Å². The molecular formula is C46H77O12P. The number of aliphatic hydroxyl groups is 5. The molecule has 6 N–H and O–H groups in total. The largest absolute Gasteiger partial charge is 0.472 e. The zero-order valence-electron chi connectivity index (χ0n) is 35.8. The first-order valence-corrected chi connectivity index (χ1v) is 23.4. The zero-order chi connectivity index (χ0) is 43.4. The molecule has 1 fully saturated rings. The molecule has 1 aliphatic carbocycles. The summed E-state index contributed by atoms with van der Waals surface area (Å²) in [5.41, 5.74) is 0. The number of phosphoric acid groups is 1. The van der Waals surface area contributed by atoms with Crippen LogP contribution in [0.4, 0.5) is 0 Å². The van der Waals surface area contributed by atoms with E-state index in [0.717, 1.165) is 96.3 Å². The van der Waals surface area contributed by atoms with Crippen molar-refractivity contribution in [3.05, 3.63) is 85.1 Å². The summed E-state index contributed by atoms with van der Waals surface area (Å²) in [5, 5.41) is 50.1. The Balaban J connectivity index is 2.48. The molecule has 6 atom stereocenters. The summed E-state index contributed by atoms with van der Waals surface area (Å²) in [4.78, 5) is 23.1. The van der Waals surface area contributed by atoms with E-state index in [1.54, 1.807) is 0 Å². The summed E-state index contributed by atoms with van der Waals surface area (Å²) in [5.74, 6) is -0.512. The van der Waals surface area contributed by atoms with Crippen LogP contribution in [-0.2, 0) is 27.9 Å². The van der Waals surface area contributed by atoms with E-state index in [9.17, 15) is 39.8 Å². The molecular weight excluding hydrogens is 775 g/mol. The van der Waals surface area contributed by atoms with Gasteiger partial charge in [0.1, 0.15) is 42.7 Å². The minimum atomic E-state index is -5.04. The Morgan fingerprint density at radius 2 is 1.00 bits per heavy atom. The average Bonchev–Trinajstić information content (AvgIpc) is 3.22. The Kier molecular flexibility index (Phi) is 33.5. The Morgan fingerprint density at radius 1 is 0.559 bits per heavy atom. The van der Waals surface area contributed by atoms with Crippen molar-refractivity contribution in [2.75, 3.05) is 19.8 Å². The standard InChI is InChI=1S/C46H77O12P/c1-3-5-7-9-11-13-15-17-19-20-21-22-24-26-28-30-32-34-36-55-37-39(38-56-59(53,54)58-46-44(51)42(49)41(48)43(50)45(46)52)57-40(47)35-33-31-29-27-25-23-18-16-14-12-10-8-6-4-2/h5,7,10-13,16-19,21-22,26,28,39,41-46,48-52H,3-4,6,8-9,14-15,20,23-25,27,29-38H2,1-2H3,(H,53,54)/b7-5-,12-10-,13-11-,18-16-,19-17-,22-21-,28-26-. The van der Waals surface area contributed by atoms with Crippen LogP contribution >= 0.6 is 7.82 Å². The Hall–Kier alpha value is -2.48. The third-order valence-electron chi connectivity index (χ3n) is 9.50. The smallest absolute Gasteiger partial charge is 0.457 e. The van der Waals surface area contributed by atoms with E-state index in [0.29, 0.717) is 13.0 Å². The van der Waals surface area contributed by atoms with Crippen molar-refractivity contribution in [1.82, 2.24) is 0 Å². The maximum atomic E-state index is 12.8. The maximum absolute atomic E-state index is 12.8. The van der Waals surface area contributed by atoms with E-state index >= 15 is 0 Å². The van der Waals surface area contributed by atoms with Crippen LogP contribution in [0.25, 0.3) is 0 Å². The van der Waals surface area contributed by atoms with Gasteiger partial charge in [-0.05, 0) is 83.5 Å². The first-order valence-electron chi connectivity index (χ1n) is 21.9. The molecule has 1 saturated carbocycles. The van der Waals surface area contributed by atoms with E-state index in [2.05, 4.69) is 98.9 Å². The average molecular weight is 853 g/mol. The number of unbranched alkanes of at least 4 members (excludes halogenated alkanes) is 9. The fourth-order valence-electron chi connectivity index (χ4n) is 5.98. The number of ether oxygens (including phenoxy) is 2. The Morgan fingerprint density at radius 3 is 1.53 bits per heavy atom. The summed E-state index contributed by atoms with van der Waals surface area (Å²) in [6, 6.07) is 0. The fraction of sp³-hybridized carbons (Fsp3) is 0.674. The van der Waals surface area contributed by atoms with Gasteiger partial charge in [0.25, 0.3) is 0 Å². The molecule has 6 unspecified atom stereocenters. The van der Waals surface area contributed by atoms with Gasteiger partial charge in [0.15, 0.2) is 0 Å². The van der Waals surface area contributed by atoms with E-state index in [-0.39, 0.29) is 13.0 Å². The van der Waals surface area contributed by atoms with Crippen LogP contribution in [0.3, 0.4) is 0 Å². The first kappa shape index (κ1) is 54.5. The summed E-state index contributed by atoms with van der Waals surface area (Å²) < 4.78 is 34.0. The lowest BCUT2D eigenvalue weighted by molar-refractivity contribution is -0.220. The van der Waals surface area contributed by atoms with Crippen LogP contribution in [0.2, 0.25) is 0 Å². The minimum Gasteiger partial charge on any atom is -0.457 e. The molecule has 0 aromatic carbocycles. The van der Waals surface area contributed by atoms with Gasteiger partial charge in [-0.25, -0.2) is 4.57 Å². The number of hydrogen-bond donors (Lipinski definition) is 6. The van der Waals surface area contributed by atoms with E-state index in [1.165, 1.54) is 12.8 Å². The zero-order valence-corrected chi connectivity index (χ0v) is 36.7. The number of allylic oxidation sites excluding steroid dienone is 14. The lowest BCUT2D eigenvalue weighted by Gasteiger charge is -2.41. The SMILES string of the molecule is CC/C=C\C/C=C\C/C=C\C/C=C\C/C=C\CCCCOCC(COP(=O)(O)OC1C(O)C(O)C(O)C(O)C1O)OC(=O)CCCCCCC/C=C\C/C=C\CCCC. The fourth-order valence-corrected chi connectivity index (χ4v) is 6.96. The lowest BCUT2D eigenvalue weighted by atomic mass is 9.85. The minimum absolute atomic E-state index is 0.117. The second-order valence-corrected chi connectivity index (χ2v) is 16.2. The second-order valence-electron chi connectivity index (χ2n) is 14.8. The van der Waals surface area contributed by atoms with Gasteiger partial charge < -0.3 is 39.9 Å². The maximum Gasteiger partial charge on any atom is 0.472 e. The van der Waals surface area contributed by atoms with E-state index in [1.807, 2.05) is 0 Å². The van der Waals surface area contributed by atoms with Crippen molar-refractivity contribution < 1.29 is 58.3 Å². The van der Waals surface area contributed by atoms with Gasteiger partial charge in [-0.15, -0.1) is 0 Å². The third-order valence-corrected chi connectivity index (χ3v) is 10.5. The van der Waals surface area contributed by atoms with Crippen LogP contribution in [-0.4, -0.2) is 98.9 Å². The monoisotopic (exact) mass is 853 g/mol. The van der Waals surface area contributed by atoms with Gasteiger partial charge in [-0.1, -0.05) is 131 Å². The summed E-state index contributed by atoms with van der Waals surface area (Å²) >= 11 is 0. The predicted molar refractivity (Wildman–Crippen MR) is 234 cm³/mol. The molecule has 1 aliphatic rings. The Labute approximate surface area is 354 Å². The normalized spacial score (nSPS) is 23.3. The molecule has 12 nitrogen and oxygen atoms in total. The van der Waals surface area contributed by atoms with Crippen molar-refractivity contribution >= 4 is 13.8 Å². The Bertz CT molecular complexity index is 1290. The summed E-state index contributed by atoms with van der Waals surface area (Å²) in [6.45, 7) is 3.96. The molecule has 0 saturated heterocycles. The van der Waals surface area contributed by atoms with Crippen molar-refractivity contribution in [3.8, 4) is 0 Å². The molecule has 59 heavy (non-hydrogen) atoms.